The standard InChI is InChI=1S/C29H21N5S/c1-20-6-5-9-21(14-20)10-12-25-16-26-28(35-25)29(31-19-30-26)33-24-11-13-27-23(15-24)17-32-34(27)18-22-7-3-2-4-8-22/h2-9,11,13-17,19H,18H2,1H3,(H,30,31,33). The lowest BCUT2D eigenvalue weighted by atomic mass is 10.1. The molecule has 5 nitrogen and oxygen atoms in total. The van der Waals surface area contributed by atoms with Gasteiger partial charge >= 0.3 is 0 Å². The Balaban J connectivity index is 1.27. The first-order valence-electron chi connectivity index (χ1n) is 11.3. The highest BCUT2D eigenvalue weighted by Gasteiger charge is 2.10. The topological polar surface area (TPSA) is 55.6 Å². The van der Waals surface area contributed by atoms with Crippen LogP contribution >= 0.6 is 11.3 Å². The number of hydrogen-bond donors (Lipinski definition) is 1. The lowest BCUT2D eigenvalue weighted by Crippen LogP contribution is -2.01. The van der Waals surface area contributed by atoms with Crippen molar-refractivity contribution in [3.8, 4) is 11.8 Å². The second-order valence-electron chi connectivity index (χ2n) is 8.35. The molecule has 3 heterocycles. The van der Waals surface area contributed by atoms with Crippen LogP contribution in [0.3, 0.4) is 0 Å². The number of hydrogen-bond acceptors (Lipinski definition) is 5. The number of anilines is 2. The number of aromatic nitrogens is 4. The van der Waals surface area contributed by atoms with E-state index < -0.39 is 0 Å². The molecule has 0 saturated carbocycles. The SMILES string of the molecule is Cc1cccc(C#Cc2cc3ncnc(Nc4ccc5c(cnn5Cc5ccccc5)c4)c3s2)c1. The Hall–Kier alpha value is -4.47. The molecule has 0 saturated heterocycles. The smallest absolute Gasteiger partial charge is 0.151 e. The van der Waals surface area contributed by atoms with Gasteiger partial charge in [-0.2, -0.15) is 5.10 Å². The molecule has 0 bridgehead atoms. The summed E-state index contributed by atoms with van der Waals surface area (Å²) in [5, 5.41) is 9.14. The van der Waals surface area contributed by atoms with Crippen molar-refractivity contribution < 1.29 is 0 Å². The van der Waals surface area contributed by atoms with E-state index in [-0.39, 0.29) is 0 Å². The third-order valence-corrected chi connectivity index (χ3v) is 6.79. The molecule has 35 heavy (non-hydrogen) atoms. The number of fused-ring (bicyclic) bond motifs is 2. The van der Waals surface area contributed by atoms with Gasteiger partial charge in [0.2, 0.25) is 0 Å². The summed E-state index contributed by atoms with van der Waals surface area (Å²) in [6, 6.07) is 26.9. The highest BCUT2D eigenvalue weighted by Crippen LogP contribution is 2.31. The maximum Gasteiger partial charge on any atom is 0.151 e. The molecule has 168 valence electrons. The third kappa shape index (κ3) is 4.50. The Kier molecular flexibility index (Phi) is 5.45. The summed E-state index contributed by atoms with van der Waals surface area (Å²) < 4.78 is 3.01. The van der Waals surface area contributed by atoms with Crippen LogP contribution in [0.25, 0.3) is 21.1 Å². The first kappa shape index (κ1) is 21.1. The van der Waals surface area contributed by atoms with E-state index in [9.17, 15) is 0 Å². The molecule has 0 atom stereocenters. The second kappa shape index (κ2) is 9.05. The van der Waals surface area contributed by atoms with Crippen LogP contribution in [0.2, 0.25) is 0 Å². The maximum atomic E-state index is 4.59. The van der Waals surface area contributed by atoms with Crippen molar-refractivity contribution in [3.05, 3.63) is 113 Å². The maximum absolute atomic E-state index is 4.59. The van der Waals surface area contributed by atoms with Crippen molar-refractivity contribution in [2.45, 2.75) is 13.5 Å². The average Bonchev–Trinajstić information content (AvgIpc) is 3.48. The van der Waals surface area contributed by atoms with E-state index in [0.29, 0.717) is 0 Å². The molecular weight excluding hydrogens is 450 g/mol. The van der Waals surface area contributed by atoms with Crippen LogP contribution < -0.4 is 5.32 Å². The third-order valence-electron chi connectivity index (χ3n) is 5.74. The second-order valence-corrected chi connectivity index (χ2v) is 9.41. The van der Waals surface area contributed by atoms with Crippen LogP contribution in [0, 0.1) is 18.8 Å². The Morgan fingerprint density at radius 3 is 2.71 bits per heavy atom. The zero-order valence-corrected chi connectivity index (χ0v) is 19.9. The molecule has 0 aliphatic rings. The number of rotatable bonds is 4. The van der Waals surface area contributed by atoms with Gasteiger partial charge in [-0.15, -0.1) is 11.3 Å². The van der Waals surface area contributed by atoms with Crippen LogP contribution in [-0.2, 0) is 6.54 Å². The minimum atomic E-state index is 0.741. The number of thiophene rings is 1. The minimum Gasteiger partial charge on any atom is -0.339 e. The summed E-state index contributed by atoms with van der Waals surface area (Å²) in [5.74, 6) is 7.31. The number of nitrogens with one attached hydrogen (secondary N) is 1. The van der Waals surface area contributed by atoms with Gasteiger partial charge in [-0.1, -0.05) is 54.3 Å². The normalized spacial score (nSPS) is 10.9. The van der Waals surface area contributed by atoms with Gasteiger partial charge in [0.15, 0.2) is 5.82 Å². The molecule has 0 radical (unpaired) electrons. The molecule has 0 unspecified atom stereocenters. The predicted molar refractivity (Wildman–Crippen MR) is 143 cm³/mol. The van der Waals surface area contributed by atoms with Crippen LogP contribution in [0.5, 0.6) is 0 Å². The Bertz CT molecular complexity index is 1720. The van der Waals surface area contributed by atoms with E-state index in [1.807, 2.05) is 35.1 Å². The molecule has 3 aromatic heterocycles. The van der Waals surface area contributed by atoms with Crippen LogP contribution in [-0.4, -0.2) is 19.7 Å². The van der Waals surface area contributed by atoms with Crippen LogP contribution in [0.1, 0.15) is 21.6 Å². The molecule has 0 fully saturated rings. The molecule has 6 aromatic rings. The molecule has 3 aromatic carbocycles. The monoisotopic (exact) mass is 471 g/mol. The first-order chi connectivity index (χ1) is 17.2. The van der Waals surface area contributed by atoms with Gasteiger partial charge in [0, 0.05) is 16.6 Å². The first-order valence-corrected chi connectivity index (χ1v) is 12.1. The number of nitrogens with zero attached hydrogens (tertiary/aromatic N) is 4. The van der Waals surface area contributed by atoms with E-state index in [0.717, 1.165) is 49.6 Å². The van der Waals surface area contributed by atoms with Crippen molar-refractivity contribution in [3.63, 3.8) is 0 Å². The summed E-state index contributed by atoms with van der Waals surface area (Å²) in [6.45, 7) is 2.81. The zero-order valence-electron chi connectivity index (χ0n) is 19.1. The fourth-order valence-corrected chi connectivity index (χ4v) is 4.95. The predicted octanol–water partition coefficient (Wildman–Crippen LogP) is 6.54. The lowest BCUT2D eigenvalue weighted by molar-refractivity contribution is 0.712. The molecule has 1 N–H and O–H groups in total. The fourth-order valence-electron chi connectivity index (χ4n) is 4.05. The van der Waals surface area contributed by atoms with Crippen molar-refractivity contribution in [2.75, 3.05) is 5.32 Å². The molecular formula is C29H21N5S. The van der Waals surface area contributed by atoms with Gasteiger partial charge < -0.3 is 5.32 Å². The summed E-state index contributed by atoms with van der Waals surface area (Å²) in [5.41, 5.74) is 6.37. The van der Waals surface area contributed by atoms with Gasteiger partial charge in [-0.3, -0.25) is 4.68 Å². The van der Waals surface area contributed by atoms with Crippen molar-refractivity contribution in [1.29, 1.82) is 0 Å². The quantitative estimate of drug-likeness (QED) is 0.297. The van der Waals surface area contributed by atoms with Gasteiger partial charge in [0.25, 0.3) is 0 Å². The van der Waals surface area contributed by atoms with Crippen molar-refractivity contribution in [1.82, 2.24) is 19.7 Å². The van der Waals surface area contributed by atoms with Crippen molar-refractivity contribution >= 4 is 44.0 Å². The summed E-state index contributed by atoms with van der Waals surface area (Å²) in [6.07, 6.45) is 3.49. The molecule has 0 spiro atoms. The van der Waals surface area contributed by atoms with Crippen LogP contribution in [0.15, 0.2) is 91.4 Å². The summed E-state index contributed by atoms with van der Waals surface area (Å²) >= 11 is 1.60. The highest BCUT2D eigenvalue weighted by atomic mass is 32.1. The molecule has 6 heteroatoms. The van der Waals surface area contributed by atoms with E-state index in [2.05, 4.69) is 93.7 Å². The molecule has 0 aliphatic heterocycles. The minimum absolute atomic E-state index is 0.741. The van der Waals surface area contributed by atoms with E-state index in [1.165, 1.54) is 11.1 Å². The highest BCUT2D eigenvalue weighted by molar-refractivity contribution is 7.20. The Morgan fingerprint density at radius 2 is 1.83 bits per heavy atom. The zero-order chi connectivity index (χ0) is 23.6. The summed E-state index contributed by atoms with van der Waals surface area (Å²) in [7, 11) is 0. The molecule has 6 rings (SSSR count). The largest absolute Gasteiger partial charge is 0.339 e. The van der Waals surface area contributed by atoms with Crippen LogP contribution in [0.4, 0.5) is 11.5 Å². The van der Waals surface area contributed by atoms with E-state index in [1.54, 1.807) is 17.7 Å². The fraction of sp³-hybridized carbons (Fsp3) is 0.0690. The number of aryl methyl sites for hydroxylation is 1. The Morgan fingerprint density at radius 1 is 0.914 bits per heavy atom. The van der Waals surface area contributed by atoms with Gasteiger partial charge in [0.1, 0.15) is 6.33 Å². The average molecular weight is 472 g/mol. The van der Waals surface area contributed by atoms with Gasteiger partial charge in [-0.05, 0) is 54.4 Å². The van der Waals surface area contributed by atoms with Crippen molar-refractivity contribution in [2.24, 2.45) is 0 Å². The number of benzene rings is 3. The molecule has 0 amide bonds. The van der Waals surface area contributed by atoms with E-state index in [4.69, 9.17) is 0 Å². The summed E-state index contributed by atoms with van der Waals surface area (Å²) in [4.78, 5) is 9.91. The van der Waals surface area contributed by atoms with Gasteiger partial charge in [0.05, 0.1) is 33.4 Å². The molecule has 0 aliphatic carbocycles. The van der Waals surface area contributed by atoms with Gasteiger partial charge in [-0.25, -0.2) is 9.97 Å². The lowest BCUT2D eigenvalue weighted by Gasteiger charge is -2.07. The Labute approximate surface area is 207 Å². The van der Waals surface area contributed by atoms with E-state index >= 15 is 0 Å².